The number of aliphatic carboxylic acids is 1. The van der Waals surface area contributed by atoms with Gasteiger partial charge in [-0.3, -0.25) is 5.32 Å². The molecule has 0 bridgehead atoms. The largest absolute Gasteiger partial charge is 0.550 e. The third-order valence-electron chi connectivity index (χ3n) is 3.56. The zero-order valence-corrected chi connectivity index (χ0v) is 16.2. The third kappa shape index (κ3) is 6.12. The lowest BCUT2D eigenvalue weighted by atomic mass is 10.2. The normalized spacial score (nSPS) is 12.5. The van der Waals surface area contributed by atoms with Gasteiger partial charge in [0.2, 0.25) is 0 Å². The van der Waals surface area contributed by atoms with Gasteiger partial charge in [-0.2, -0.15) is 0 Å². The van der Waals surface area contributed by atoms with Crippen LogP contribution >= 0.6 is 11.3 Å². The molecule has 8 heteroatoms. The number of hydrogen-bond acceptors (Lipinski definition) is 5. The Kier molecular flexibility index (Phi) is 6.33. The predicted molar refractivity (Wildman–Crippen MR) is 101 cm³/mol. The number of hydrogen-bond donors (Lipinski definition) is 2. The molecule has 2 N–H and O–H groups in total. The number of amides is 2. The Labute approximate surface area is 157 Å². The summed E-state index contributed by atoms with van der Waals surface area (Å²) in [6.07, 6.45) is -0.236. The minimum Gasteiger partial charge on any atom is -0.550 e. The Morgan fingerprint density at radius 3 is 2.46 bits per heavy atom. The van der Waals surface area contributed by atoms with Gasteiger partial charge in [-0.15, -0.1) is 0 Å². The van der Waals surface area contributed by atoms with E-state index in [1.165, 1.54) is 11.3 Å². The van der Waals surface area contributed by atoms with Gasteiger partial charge in [0.1, 0.15) is 10.0 Å². The van der Waals surface area contributed by atoms with E-state index in [-0.39, 0.29) is 6.42 Å². The molecule has 1 aromatic heterocycles. The Morgan fingerprint density at radius 1 is 1.23 bits per heavy atom. The van der Waals surface area contributed by atoms with E-state index in [4.69, 9.17) is 0 Å². The second-order valence-electron chi connectivity index (χ2n) is 7.14. The molecule has 0 fully saturated rings. The Bertz CT molecular complexity index is 768. The molecule has 2 amide bonds. The molecule has 0 aliphatic rings. The molecule has 0 aliphatic heterocycles. The number of anilines is 1. The summed E-state index contributed by atoms with van der Waals surface area (Å²) in [5.74, 6) is -1.19. The summed E-state index contributed by atoms with van der Waals surface area (Å²) in [4.78, 5) is 27.8. The van der Waals surface area contributed by atoms with Gasteiger partial charge in [0.15, 0.2) is 0 Å². The van der Waals surface area contributed by atoms with Crippen molar-refractivity contribution in [2.45, 2.75) is 19.4 Å². The highest BCUT2D eigenvalue weighted by Gasteiger charge is 2.21. The van der Waals surface area contributed by atoms with E-state index in [2.05, 4.69) is 15.6 Å². The zero-order valence-electron chi connectivity index (χ0n) is 15.4. The minimum atomic E-state index is -1.19. The van der Waals surface area contributed by atoms with Gasteiger partial charge < -0.3 is 19.7 Å². The molecular weight excluding hydrogens is 352 g/mol. The fraction of sp³-hybridized carbons (Fsp3) is 0.389. The van der Waals surface area contributed by atoms with Crippen LogP contribution in [-0.4, -0.2) is 55.2 Å². The second-order valence-corrected chi connectivity index (χ2v) is 8.14. The van der Waals surface area contributed by atoms with Gasteiger partial charge >= 0.3 is 6.03 Å². The monoisotopic (exact) mass is 376 g/mol. The molecule has 140 valence electrons. The van der Waals surface area contributed by atoms with Gasteiger partial charge in [-0.25, -0.2) is 9.78 Å². The fourth-order valence-electron chi connectivity index (χ4n) is 2.56. The van der Waals surface area contributed by atoms with Crippen LogP contribution in [0.25, 0.3) is 10.6 Å². The molecule has 1 aromatic carbocycles. The molecule has 0 saturated heterocycles. The maximum absolute atomic E-state index is 12.3. The molecule has 1 unspecified atom stereocenters. The average Bonchev–Trinajstić information content (AvgIpc) is 2.86. The maximum atomic E-state index is 12.3. The minimum absolute atomic E-state index is 0.236. The predicted octanol–water partition coefficient (Wildman–Crippen LogP) is 1.45. The number of carboxylic acid groups (broad SMARTS) is 1. The van der Waals surface area contributed by atoms with Gasteiger partial charge in [0, 0.05) is 18.0 Å². The smallest absolute Gasteiger partial charge is 0.320 e. The SMILES string of the molecule is Cc1nc(-c2ccccc2)sc1NC(=O)NC(CC(=O)[O-])C[N+](C)(C)C. The molecule has 0 radical (unpaired) electrons. The molecule has 26 heavy (non-hydrogen) atoms. The first-order valence-electron chi connectivity index (χ1n) is 8.25. The Balaban J connectivity index is 2.06. The molecule has 1 atom stereocenters. The van der Waals surface area contributed by atoms with Crippen LogP contribution in [-0.2, 0) is 4.79 Å². The number of carbonyl (C=O) groups is 2. The third-order valence-corrected chi connectivity index (χ3v) is 4.68. The molecule has 1 heterocycles. The number of nitrogens with one attached hydrogen (secondary N) is 2. The number of aryl methyl sites for hydroxylation is 1. The fourth-order valence-corrected chi connectivity index (χ4v) is 3.53. The van der Waals surface area contributed by atoms with Gasteiger partial charge in [-0.05, 0) is 6.92 Å². The lowest BCUT2D eigenvalue weighted by Crippen LogP contribution is -2.51. The van der Waals surface area contributed by atoms with Crippen LogP contribution in [0.4, 0.5) is 9.80 Å². The lowest BCUT2D eigenvalue weighted by Gasteiger charge is -2.30. The van der Waals surface area contributed by atoms with Crippen LogP contribution in [0.2, 0.25) is 0 Å². The van der Waals surface area contributed by atoms with E-state index in [1.807, 2.05) is 58.4 Å². The van der Waals surface area contributed by atoms with Crippen molar-refractivity contribution in [3.05, 3.63) is 36.0 Å². The van der Waals surface area contributed by atoms with Gasteiger partial charge in [0.05, 0.1) is 39.4 Å². The molecular formula is C18H24N4O3S. The van der Waals surface area contributed by atoms with Crippen molar-refractivity contribution < 1.29 is 19.2 Å². The number of carbonyl (C=O) groups excluding carboxylic acids is 2. The maximum Gasteiger partial charge on any atom is 0.320 e. The number of rotatable bonds is 7. The van der Waals surface area contributed by atoms with E-state index < -0.39 is 18.0 Å². The first kappa shape index (κ1) is 19.9. The standard InChI is InChI=1S/C18H24N4O3S/c1-12-16(26-17(19-12)13-8-6-5-7-9-13)21-18(25)20-14(10-15(23)24)11-22(2,3)4/h5-9,14H,10-11H2,1-4H3,(H2-,20,21,23,24,25). The number of quaternary nitrogens is 1. The zero-order chi connectivity index (χ0) is 19.3. The average molecular weight is 376 g/mol. The van der Waals surface area contributed by atoms with Crippen LogP contribution in [0.3, 0.4) is 0 Å². The Morgan fingerprint density at radius 2 is 1.88 bits per heavy atom. The highest BCUT2D eigenvalue weighted by Crippen LogP contribution is 2.31. The van der Waals surface area contributed by atoms with E-state index in [0.717, 1.165) is 10.6 Å². The summed E-state index contributed by atoms with van der Waals surface area (Å²) in [5.41, 5.74) is 1.70. The summed E-state index contributed by atoms with van der Waals surface area (Å²) in [6, 6.07) is 8.74. The quantitative estimate of drug-likeness (QED) is 0.715. The topological polar surface area (TPSA) is 94.2 Å². The van der Waals surface area contributed by atoms with Gasteiger partial charge in [-0.1, -0.05) is 41.7 Å². The number of urea groups is 1. The van der Waals surface area contributed by atoms with Crippen LogP contribution in [0.15, 0.2) is 30.3 Å². The summed E-state index contributed by atoms with van der Waals surface area (Å²) in [7, 11) is 5.80. The van der Waals surface area contributed by atoms with E-state index in [0.29, 0.717) is 21.7 Å². The van der Waals surface area contributed by atoms with E-state index in [1.54, 1.807) is 0 Å². The van der Waals surface area contributed by atoms with Gasteiger partial charge in [0.25, 0.3) is 0 Å². The molecule has 2 rings (SSSR count). The van der Waals surface area contributed by atoms with Crippen molar-refractivity contribution in [3.8, 4) is 10.6 Å². The summed E-state index contributed by atoms with van der Waals surface area (Å²) >= 11 is 1.38. The first-order valence-corrected chi connectivity index (χ1v) is 9.06. The number of aromatic nitrogens is 1. The van der Waals surface area contributed by atoms with E-state index in [9.17, 15) is 14.7 Å². The van der Waals surface area contributed by atoms with Crippen LogP contribution in [0, 0.1) is 6.92 Å². The first-order chi connectivity index (χ1) is 12.1. The summed E-state index contributed by atoms with van der Waals surface area (Å²) in [6.45, 7) is 2.29. The highest BCUT2D eigenvalue weighted by atomic mass is 32.1. The van der Waals surface area contributed by atoms with Crippen LogP contribution in [0.1, 0.15) is 12.1 Å². The van der Waals surface area contributed by atoms with Crippen LogP contribution < -0.4 is 15.7 Å². The number of nitrogens with zero attached hydrogens (tertiary/aromatic N) is 2. The molecule has 2 aromatic rings. The molecule has 0 saturated carbocycles. The molecule has 0 aliphatic carbocycles. The number of carboxylic acids is 1. The van der Waals surface area contributed by atoms with Crippen molar-refractivity contribution >= 4 is 28.3 Å². The summed E-state index contributed by atoms with van der Waals surface area (Å²) < 4.78 is 0.524. The number of likely N-dealkylation sites (N-methyl/N-ethyl adjacent to an activating group) is 1. The number of thiazole rings is 1. The van der Waals surface area contributed by atoms with Crippen molar-refractivity contribution in [1.82, 2.24) is 10.3 Å². The van der Waals surface area contributed by atoms with Crippen molar-refractivity contribution in [1.29, 1.82) is 0 Å². The lowest BCUT2D eigenvalue weighted by molar-refractivity contribution is -0.871. The molecule has 0 spiro atoms. The van der Waals surface area contributed by atoms with E-state index >= 15 is 0 Å². The summed E-state index contributed by atoms with van der Waals surface area (Å²) in [5, 5.41) is 17.9. The van der Waals surface area contributed by atoms with Crippen molar-refractivity contribution in [2.75, 3.05) is 33.0 Å². The number of benzene rings is 1. The van der Waals surface area contributed by atoms with Crippen molar-refractivity contribution in [2.24, 2.45) is 0 Å². The highest BCUT2D eigenvalue weighted by molar-refractivity contribution is 7.19. The van der Waals surface area contributed by atoms with Crippen LogP contribution in [0.5, 0.6) is 0 Å². The Hall–Kier alpha value is -2.45. The molecule has 7 nitrogen and oxygen atoms in total. The van der Waals surface area contributed by atoms with Crippen molar-refractivity contribution in [3.63, 3.8) is 0 Å². The second kappa shape index (κ2) is 8.29.